The number of hydrogen-bond donors (Lipinski definition) is 1. The normalized spacial score (nSPS) is 14.4. The fourth-order valence-corrected chi connectivity index (χ4v) is 1.72. The van der Waals surface area contributed by atoms with Crippen molar-refractivity contribution >= 4 is 0 Å². The summed E-state index contributed by atoms with van der Waals surface area (Å²) in [7, 11) is 0. The molecule has 1 aromatic carbocycles. The third-order valence-corrected chi connectivity index (χ3v) is 2.99. The Hall–Kier alpha value is -1.02. The van der Waals surface area contributed by atoms with E-state index >= 15 is 0 Å². The maximum atomic E-state index is 5.96. The molecule has 1 rings (SSSR count). The van der Waals surface area contributed by atoms with E-state index in [4.69, 9.17) is 4.74 Å². The molecule has 1 N–H and O–H groups in total. The summed E-state index contributed by atoms with van der Waals surface area (Å²) in [5.41, 5.74) is 1.25. The number of nitrogens with one attached hydrogen (secondary N) is 1. The van der Waals surface area contributed by atoms with Gasteiger partial charge in [-0.1, -0.05) is 32.0 Å². The molecule has 0 spiro atoms. The molecule has 0 aliphatic heterocycles. The first-order valence-corrected chi connectivity index (χ1v) is 6.68. The zero-order valence-electron chi connectivity index (χ0n) is 11.5. The van der Waals surface area contributed by atoms with Crippen molar-refractivity contribution in [1.82, 2.24) is 5.32 Å². The molecule has 0 aliphatic carbocycles. The molecule has 0 bridgehead atoms. The summed E-state index contributed by atoms with van der Waals surface area (Å²) >= 11 is 0. The number of rotatable bonds is 7. The lowest BCUT2D eigenvalue weighted by atomic mass is 10.1. The first-order chi connectivity index (χ1) is 8.19. The van der Waals surface area contributed by atoms with Crippen LogP contribution in [-0.4, -0.2) is 12.6 Å². The summed E-state index contributed by atoms with van der Waals surface area (Å²) in [5, 5.41) is 3.50. The molecule has 17 heavy (non-hydrogen) atoms. The minimum atomic E-state index is 0.273. The van der Waals surface area contributed by atoms with Crippen LogP contribution in [0.15, 0.2) is 24.3 Å². The summed E-state index contributed by atoms with van der Waals surface area (Å²) in [6, 6.07) is 8.66. The molecule has 0 saturated heterocycles. The maximum absolute atomic E-state index is 5.96. The molecule has 0 saturated carbocycles. The van der Waals surface area contributed by atoms with E-state index in [-0.39, 0.29) is 6.10 Å². The maximum Gasteiger partial charge on any atom is 0.124 e. The van der Waals surface area contributed by atoms with Gasteiger partial charge in [0.25, 0.3) is 0 Å². The second-order valence-electron chi connectivity index (χ2n) is 4.55. The summed E-state index contributed by atoms with van der Waals surface area (Å²) in [5.74, 6) is 1.01. The van der Waals surface area contributed by atoms with Crippen molar-refractivity contribution < 1.29 is 4.74 Å². The van der Waals surface area contributed by atoms with Crippen LogP contribution in [-0.2, 0) is 0 Å². The second kappa shape index (κ2) is 7.33. The lowest BCUT2D eigenvalue weighted by Crippen LogP contribution is -2.21. The predicted molar refractivity (Wildman–Crippen MR) is 73.5 cm³/mol. The van der Waals surface area contributed by atoms with E-state index in [9.17, 15) is 0 Å². The van der Waals surface area contributed by atoms with Gasteiger partial charge in [0.1, 0.15) is 5.75 Å². The molecule has 0 amide bonds. The SMILES string of the molecule is CCCN[C@H](C)c1ccccc1O[C@H](C)CC. The molecule has 2 heteroatoms. The van der Waals surface area contributed by atoms with Gasteiger partial charge in [0, 0.05) is 11.6 Å². The molecule has 2 nitrogen and oxygen atoms in total. The van der Waals surface area contributed by atoms with Gasteiger partial charge in [0.15, 0.2) is 0 Å². The highest BCUT2D eigenvalue weighted by Crippen LogP contribution is 2.26. The van der Waals surface area contributed by atoms with Crippen LogP contribution in [0.2, 0.25) is 0 Å². The van der Waals surface area contributed by atoms with Crippen LogP contribution in [0.5, 0.6) is 5.75 Å². The Labute approximate surface area is 105 Å². The van der Waals surface area contributed by atoms with E-state index in [1.165, 1.54) is 5.56 Å². The Balaban J connectivity index is 2.76. The van der Waals surface area contributed by atoms with Crippen LogP contribution in [0.25, 0.3) is 0 Å². The van der Waals surface area contributed by atoms with Crippen molar-refractivity contribution in [2.24, 2.45) is 0 Å². The molecule has 0 heterocycles. The van der Waals surface area contributed by atoms with Crippen LogP contribution in [0.4, 0.5) is 0 Å². The topological polar surface area (TPSA) is 21.3 Å². The molecule has 0 fully saturated rings. The lowest BCUT2D eigenvalue weighted by Gasteiger charge is -2.20. The highest BCUT2D eigenvalue weighted by molar-refractivity contribution is 5.35. The van der Waals surface area contributed by atoms with Crippen molar-refractivity contribution in [3.8, 4) is 5.75 Å². The van der Waals surface area contributed by atoms with Crippen molar-refractivity contribution in [2.45, 2.75) is 52.7 Å². The van der Waals surface area contributed by atoms with Gasteiger partial charge < -0.3 is 10.1 Å². The van der Waals surface area contributed by atoms with Crippen molar-refractivity contribution in [1.29, 1.82) is 0 Å². The Morgan fingerprint density at radius 2 is 1.88 bits per heavy atom. The largest absolute Gasteiger partial charge is 0.490 e. The third-order valence-electron chi connectivity index (χ3n) is 2.99. The molecule has 0 aromatic heterocycles. The smallest absolute Gasteiger partial charge is 0.124 e. The number of hydrogen-bond acceptors (Lipinski definition) is 2. The van der Waals surface area contributed by atoms with Crippen molar-refractivity contribution in [3.63, 3.8) is 0 Å². The first kappa shape index (κ1) is 14.0. The average molecular weight is 235 g/mol. The van der Waals surface area contributed by atoms with Gasteiger partial charge in [-0.3, -0.25) is 0 Å². The fourth-order valence-electron chi connectivity index (χ4n) is 1.72. The molecular weight excluding hydrogens is 210 g/mol. The number of ether oxygens (including phenoxy) is 1. The van der Waals surface area contributed by atoms with Gasteiger partial charge in [-0.2, -0.15) is 0 Å². The van der Waals surface area contributed by atoms with Gasteiger partial charge in [-0.15, -0.1) is 0 Å². The summed E-state index contributed by atoms with van der Waals surface area (Å²) < 4.78 is 5.96. The summed E-state index contributed by atoms with van der Waals surface area (Å²) in [6.45, 7) is 9.67. The molecule has 0 unspecified atom stereocenters. The Morgan fingerprint density at radius 3 is 2.53 bits per heavy atom. The van der Waals surface area contributed by atoms with E-state index < -0.39 is 0 Å². The van der Waals surface area contributed by atoms with Gasteiger partial charge in [0.05, 0.1) is 6.10 Å². The summed E-state index contributed by atoms with van der Waals surface area (Å²) in [6.07, 6.45) is 2.46. The van der Waals surface area contributed by atoms with Crippen LogP contribution in [0, 0.1) is 0 Å². The molecule has 0 aliphatic rings. The van der Waals surface area contributed by atoms with Crippen LogP contribution in [0.3, 0.4) is 0 Å². The van der Waals surface area contributed by atoms with Crippen LogP contribution < -0.4 is 10.1 Å². The monoisotopic (exact) mass is 235 g/mol. The van der Waals surface area contributed by atoms with E-state index in [0.717, 1.165) is 25.1 Å². The molecule has 96 valence electrons. The summed E-state index contributed by atoms with van der Waals surface area (Å²) in [4.78, 5) is 0. The number of para-hydroxylation sites is 1. The predicted octanol–water partition coefficient (Wildman–Crippen LogP) is 3.92. The highest BCUT2D eigenvalue weighted by Gasteiger charge is 2.11. The second-order valence-corrected chi connectivity index (χ2v) is 4.55. The minimum absolute atomic E-state index is 0.273. The van der Waals surface area contributed by atoms with Gasteiger partial charge in [-0.05, 0) is 39.3 Å². The quantitative estimate of drug-likeness (QED) is 0.773. The van der Waals surface area contributed by atoms with Crippen molar-refractivity contribution in [2.75, 3.05) is 6.54 Å². The minimum Gasteiger partial charge on any atom is -0.490 e. The highest BCUT2D eigenvalue weighted by atomic mass is 16.5. The number of benzene rings is 1. The van der Waals surface area contributed by atoms with E-state index in [2.05, 4.69) is 51.2 Å². The standard InChI is InChI=1S/C15H25NO/c1-5-11-16-13(4)14-9-7-8-10-15(14)17-12(3)6-2/h7-10,12-13,16H,5-6,11H2,1-4H3/t12-,13-/m1/s1. The van der Waals surface area contributed by atoms with Crippen molar-refractivity contribution in [3.05, 3.63) is 29.8 Å². The lowest BCUT2D eigenvalue weighted by molar-refractivity contribution is 0.213. The van der Waals surface area contributed by atoms with Gasteiger partial charge in [0.2, 0.25) is 0 Å². The van der Waals surface area contributed by atoms with Gasteiger partial charge in [-0.25, -0.2) is 0 Å². The molecule has 1 aromatic rings. The van der Waals surface area contributed by atoms with E-state index in [0.29, 0.717) is 6.04 Å². The zero-order valence-corrected chi connectivity index (χ0v) is 11.5. The molecule has 0 radical (unpaired) electrons. The van der Waals surface area contributed by atoms with Gasteiger partial charge >= 0.3 is 0 Å². The van der Waals surface area contributed by atoms with Crippen LogP contribution >= 0.6 is 0 Å². The third kappa shape index (κ3) is 4.39. The average Bonchev–Trinajstić information content (AvgIpc) is 2.36. The zero-order chi connectivity index (χ0) is 12.7. The van der Waals surface area contributed by atoms with E-state index in [1.807, 2.05) is 6.07 Å². The Morgan fingerprint density at radius 1 is 1.18 bits per heavy atom. The Kier molecular flexibility index (Phi) is 6.06. The fraction of sp³-hybridized carbons (Fsp3) is 0.600. The Bertz CT molecular complexity index is 324. The van der Waals surface area contributed by atoms with E-state index in [1.54, 1.807) is 0 Å². The molecular formula is C15H25NO. The first-order valence-electron chi connectivity index (χ1n) is 6.68. The van der Waals surface area contributed by atoms with Crippen LogP contribution in [0.1, 0.15) is 52.1 Å². The molecule has 2 atom stereocenters.